The molecule has 3 aromatic rings. The van der Waals surface area contributed by atoms with Crippen molar-refractivity contribution in [3.63, 3.8) is 0 Å². The normalized spacial score (nSPS) is 10.1. The van der Waals surface area contributed by atoms with Gasteiger partial charge in [0.2, 0.25) is 11.8 Å². The second kappa shape index (κ2) is 54.5. The van der Waals surface area contributed by atoms with E-state index in [0.29, 0.717) is 10.8 Å². The molecule has 0 spiro atoms. The van der Waals surface area contributed by atoms with Gasteiger partial charge >= 0.3 is 0 Å². The van der Waals surface area contributed by atoms with Crippen molar-refractivity contribution in [2.45, 2.75) is 240 Å². The third-order valence-corrected chi connectivity index (χ3v) is 8.88. The van der Waals surface area contributed by atoms with Crippen molar-refractivity contribution < 1.29 is 9.59 Å². The number of benzene rings is 2. The number of carbonyl (C=O) groups excluding carboxylic acids is 2. The highest BCUT2D eigenvalue weighted by Gasteiger charge is 2.18. The Hall–Kier alpha value is -3.87. The summed E-state index contributed by atoms with van der Waals surface area (Å²) in [4.78, 5) is 34.2. The van der Waals surface area contributed by atoms with E-state index in [1.54, 1.807) is 23.6 Å². The molecule has 452 valence electrons. The van der Waals surface area contributed by atoms with Crippen LogP contribution in [-0.2, 0) is 9.59 Å². The molecule has 0 unspecified atom stereocenters. The van der Waals surface area contributed by atoms with Crippen LogP contribution in [0.1, 0.15) is 240 Å². The van der Waals surface area contributed by atoms with Gasteiger partial charge in [0.05, 0.1) is 0 Å². The van der Waals surface area contributed by atoms with Gasteiger partial charge in [0.1, 0.15) is 11.6 Å². The summed E-state index contributed by atoms with van der Waals surface area (Å²) in [6.07, 6.45) is 4.79. The van der Waals surface area contributed by atoms with Crippen LogP contribution < -0.4 is 9.80 Å². The monoisotopic (exact) mass is 1070 g/mol. The summed E-state index contributed by atoms with van der Waals surface area (Å²) in [6, 6.07) is 30.3. The Kier molecular flexibility index (Phi) is 65.6. The van der Waals surface area contributed by atoms with E-state index < -0.39 is 0 Å². The van der Waals surface area contributed by atoms with E-state index in [2.05, 4.69) is 201 Å². The lowest BCUT2D eigenvalue weighted by atomic mass is 9.94. The zero-order valence-electron chi connectivity index (χ0n) is 58.1. The van der Waals surface area contributed by atoms with Crippen molar-refractivity contribution in [3.05, 3.63) is 97.9 Å². The zero-order chi connectivity index (χ0) is 62.6. The SMILES string of the molecule is CC.CC.CC.CC(=O)N(C)CC(C)(C)C.CC(=O)N(C)CC(C)(C)C.CCC.CCC(C)(C)C.CCC(C)(C)C.CN(CC(C)(C)C)c1cccc(N(C)CC(C)(C)C)n1.[CH2-]CC.c1ccccc1.c1ccccc1. The van der Waals surface area contributed by atoms with Gasteiger partial charge in [-0.3, -0.25) is 9.59 Å². The van der Waals surface area contributed by atoms with Crippen LogP contribution >= 0.6 is 0 Å². The zero-order valence-corrected chi connectivity index (χ0v) is 58.1. The lowest BCUT2D eigenvalue weighted by Crippen LogP contribution is -2.32. The van der Waals surface area contributed by atoms with Gasteiger partial charge in [0.15, 0.2) is 0 Å². The fourth-order valence-electron chi connectivity index (χ4n) is 4.84. The summed E-state index contributed by atoms with van der Waals surface area (Å²) in [6.45, 7) is 72.6. The number of amides is 2. The number of aromatic nitrogens is 1. The second-order valence-electron chi connectivity index (χ2n) is 25.4. The number of rotatable bonds is 6. The molecule has 0 fully saturated rings. The van der Waals surface area contributed by atoms with E-state index in [0.717, 1.165) is 44.2 Å². The molecular weight excluding hydrogens is 931 g/mol. The predicted octanol–water partition coefficient (Wildman–Crippen LogP) is 21.1. The Balaban J connectivity index is -0.0000000995. The minimum absolute atomic E-state index is 0.134. The Morgan fingerprint density at radius 1 is 0.382 bits per heavy atom. The summed E-state index contributed by atoms with van der Waals surface area (Å²) in [7, 11) is 7.88. The molecule has 0 aliphatic rings. The maximum atomic E-state index is 10.7. The predicted molar refractivity (Wildman–Crippen MR) is 353 cm³/mol. The van der Waals surface area contributed by atoms with Crippen molar-refractivity contribution in [3.8, 4) is 0 Å². The van der Waals surface area contributed by atoms with Gasteiger partial charge in [-0.2, -0.15) is 6.42 Å². The molecule has 2 aromatic carbocycles. The summed E-state index contributed by atoms with van der Waals surface area (Å²) >= 11 is 0. The molecule has 1 heterocycles. The van der Waals surface area contributed by atoms with Crippen LogP contribution in [0.3, 0.4) is 0 Å². The highest BCUT2D eigenvalue weighted by Crippen LogP contribution is 2.23. The molecule has 0 N–H and O–H groups in total. The van der Waals surface area contributed by atoms with E-state index >= 15 is 0 Å². The van der Waals surface area contributed by atoms with Crippen LogP contribution in [-0.4, -0.2) is 81.0 Å². The molecule has 0 saturated carbocycles. The van der Waals surface area contributed by atoms with Crippen molar-refractivity contribution in [2.24, 2.45) is 32.5 Å². The molecule has 3 rings (SSSR count). The van der Waals surface area contributed by atoms with E-state index in [1.165, 1.54) is 19.3 Å². The second-order valence-corrected chi connectivity index (χ2v) is 25.4. The number of hydrogen-bond donors (Lipinski definition) is 0. The first-order valence-corrected chi connectivity index (χ1v) is 29.2. The van der Waals surface area contributed by atoms with Crippen molar-refractivity contribution in [2.75, 3.05) is 64.2 Å². The average molecular weight is 1070 g/mol. The van der Waals surface area contributed by atoms with E-state index in [-0.39, 0.29) is 33.5 Å². The first-order chi connectivity index (χ1) is 34.6. The highest BCUT2D eigenvalue weighted by atomic mass is 16.2. The standard InChI is InChI=1S/C17H31N3.2C8H17NO.2C6H6.2C6H14.C3H8.C3H7.3C2H6/c1-16(2,3)12-19(7)14-10-9-11-15(18-14)20(8)13-17(4,5)6;2*1-7(10)9(5)6-8(2,3)4;2*1-2-4-6-5-3-1;2*1-5-6(2,3)4;2*1-3-2;3*1-2/h9-11H,12-13H2,1-8H3;2*6H2,1-5H3;2*1-6H;2*5H2,1-4H3;3H2,1-2H3;1,3H2,2H3;3*1-2H3/q;;;;;;;;-1;;;. The van der Waals surface area contributed by atoms with E-state index in [9.17, 15) is 9.59 Å². The fourth-order valence-corrected chi connectivity index (χ4v) is 4.84. The summed E-state index contributed by atoms with van der Waals surface area (Å²) in [5.41, 5.74) is 2.04. The molecule has 0 aliphatic heterocycles. The van der Waals surface area contributed by atoms with Gasteiger partial charge in [-0.15, -0.1) is 0 Å². The molecule has 7 heteroatoms. The van der Waals surface area contributed by atoms with Gasteiger partial charge in [-0.25, -0.2) is 4.98 Å². The number of pyridine rings is 1. The summed E-state index contributed by atoms with van der Waals surface area (Å²) in [5, 5.41) is 0. The van der Waals surface area contributed by atoms with Gasteiger partial charge in [0.25, 0.3) is 0 Å². The van der Waals surface area contributed by atoms with Gasteiger partial charge < -0.3 is 26.5 Å². The Bertz CT molecular complexity index is 1410. The van der Waals surface area contributed by atoms with Crippen molar-refractivity contribution >= 4 is 23.5 Å². The van der Waals surface area contributed by atoms with Crippen LogP contribution in [0.25, 0.3) is 0 Å². The topological polar surface area (TPSA) is 60.0 Å². The first kappa shape index (κ1) is 91.6. The maximum absolute atomic E-state index is 10.7. The Morgan fingerprint density at radius 2 is 0.539 bits per heavy atom. The number of anilines is 2. The summed E-state index contributed by atoms with van der Waals surface area (Å²) < 4.78 is 0. The summed E-state index contributed by atoms with van der Waals surface area (Å²) in [5.74, 6) is 2.35. The molecule has 2 amide bonds. The highest BCUT2D eigenvalue weighted by molar-refractivity contribution is 5.73. The Labute approximate surface area is 480 Å². The van der Waals surface area contributed by atoms with Gasteiger partial charge in [-0.1, -0.05) is 299 Å². The minimum atomic E-state index is 0.134. The van der Waals surface area contributed by atoms with Gasteiger partial charge in [0, 0.05) is 68.2 Å². The quantitative estimate of drug-likeness (QED) is 0.230. The van der Waals surface area contributed by atoms with Crippen LogP contribution in [0.4, 0.5) is 11.6 Å². The molecule has 0 atom stereocenters. The lowest BCUT2D eigenvalue weighted by Gasteiger charge is -2.30. The average Bonchev–Trinajstić information content (AvgIpc) is 3.31. The molecule has 0 bridgehead atoms. The van der Waals surface area contributed by atoms with Crippen molar-refractivity contribution in [1.82, 2.24) is 14.8 Å². The molecular formula is C69H138N5O2-. The number of nitrogens with zero attached hydrogens (tertiary/aromatic N) is 5. The maximum Gasteiger partial charge on any atom is 0.219 e. The van der Waals surface area contributed by atoms with Crippen LogP contribution in [0.2, 0.25) is 0 Å². The molecule has 0 radical (unpaired) electrons. The van der Waals surface area contributed by atoms with E-state index in [1.807, 2.05) is 135 Å². The first-order valence-electron chi connectivity index (χ1n) is 29.2. The Morgan fingerprint density at radius 3 is 0.645 bits per heavy atom. The van der Waals surface area contributed by atoms with Crippen molar-refractivity contribution in [1.29, 1.82) is 0 Å². The third kappa shape index (κ3) is 92.7. The molecule has 76 heavy (non-hydrogen) atoms. The minimum Gasteiger partial charge on any atom is -0.359 e. The molecule has 0 saturated heterocycles. The largest absolute Gasteiger partial charge is 0.359 e. The van der Waals surface area contributed by atoms with Crippen LogP contribution in [0, 0.1) is 39.4 Å². The number of carbonyl (C=O) groups is 2. The van der Waals surface area contributed by atoms with Gasteiger partial charge in [-0.05, 0) is 44.6 Å². The van der Waals surface area contributed by atoms with E-state index in [4.69, 9.17) is 4.98 Å². The lowest BCUT2D eigenvalue weighted by molar-refractivity contribution is -0.129. The fraction of sp³-hybridized carbons (Fsp3) is 0.710. The third-order valence-electron chi connectivity index (χ3n) is 8.88. The molecule has 7 nitrogen and oxygen atoms in total. The molecule has 1 aromatic heterocycles. The number of hydrogen-bond acceptors (Lipinski definition) is 5. The van der Waals surface area contributed by atoms with Crippen LogP contribution in [0.5, 0.6) is 0 Å². The van der Waals surface area contributed by atoms with Crippen LogP contribution in [0.15, 0.2) is 91.0 Å². The smallest absolute Gasteiger partial charge is 0.219 e. The molecule has 0 aliphatic carbocycles.